The van der Waals surface area contributed by atoms with Gasteiger partial charge in [0, 0.05) is 17.7 Å². The van der Waals surface area contributed by atoms with Crippen LogP contribution in [0.4, 0.5) is 0 Å². The standard InChI is InChI=1S/C13H17N3O3/c1-8-9(4-2-6-11(8)17)13(18)16-7-3-5-10(16)12(14)15-19/h2,4,6,10,17,19H,3,5,7H2,1H3,(H2,14,15). The van der Waals surface area contributed by atoms with E-state index in [1.807, 2.05) is 0 Å². The van der Waals surface area contributed by atoms with Crippen LogP contribution in [0.2, 0.25) is 0 Å². The Balaban J connectivity index is 2.31. The maximum Gasteiger partial charge on any atom is 0.254 e. The van der Waals surface area contributed by atoms with E-state index in [1.165, 1.54) is 6.07 Å². The number of nitrogens with two attached hydrogens (primary N) is 1. The van der Waals surface area contributed by atoms with Crippen molar-refractivity contribution in [2.75, 3.05) is 6.54 Å². The molecule has 1 aromatic carbocycles. The minimum absolute atomic E-state index is 0.0451. The van der Waals surface area contributed by atoms with Crippen LogP contribution in [0.25, 0.3) is 0 Å². The molecular weight excluding hydrogens is 246 g/mol. The molecule has 6 nitrogen and oxygen atoms in total. The lowest BCUT2D eigenvalue weighted by atomic mass is 10.1. The molecule has 102 valence electrons. The lowest BCUT2D eigenvalue weighted by molar-refractivity contribution is 0.0766. The maximum atomic E-state index is 12.5. The van der Waals surface area contributed by atoms with Gasteiger partial charge in [0.05, 0.1) is 6.04 Å². The number of phenolic OH excluding ortho intramolecular Hbond substituents is 1. The molecule has 1 saturated heterocycles. The number of oxime groups is 1. The van der Waals surface area contributed by atoms with Gasteiger partial charge in [-0.25, -0.2) is 0 Å². The molecule has 0 bridgehead atoms. The third kappa shape index (κ3) is 2.33. The minimum Gasteiger partial charge on any atom is -0.508 e. The number of amidine groups is 1. The van der Waals surface area contributed by atoms with Crippen molar-refractivity contribution >= 4 is 11.7 Å². The number of nitrogens with zero attached hydrogens (tertiary/aromatic N) is 2. The van der Waals surface area contributed by atoms with Crippen molar-refractivity contribution in [2.45, 2.75) is 25.8 Å². The van der Waals surface area contributed by atoms with Crippen LogP contribution in [0, 0.1) is 6.92 Å². The molecule has 2 rings (SSSR count). The molecule has 0 spiro atoms. The summed E-state index contributed by atoms with van der Waals surface area (Å²) in [5.74, 6) is -0.0726. The molecule has 1 atom stereocenters. The molecular formula is C13H17N3O3. The summed E-state index contributed by atoms with van der Waals surface area (Å²) in [5.41, 5.74) is 6.59. The topological polar surface area (TPSA) is 99.2 Å². The van der Waals surface area contributed by atoms with Gasteiger partial charge in [-0.05, 0) is 31.9 Å². The number of hydrogen-bond acceptors (Lipinski definition) is 4. The highest BCUT2D eigenvalue weighted by Gasteiger charge is 2.33. The Kier molecular flexibility index (Phi) is 3.59. The number of hydrogen-bond donors (Lipinski definition) is 3. The van der Waals surface area contributed by atoms with Crippen molar-refractivity contribution in [3.63, 3.8) is 0 Å². The van der Waals surface area contributed by atoms with Crippen molar-refractivity contribution in [1.29, 1.82) is 0 Å². The van der Waals surface area contributed by atoms with Crippen molar-refractivity contribution in [1.82, 2.24) is 4.90 Å². The molecule has 6 heteroatoms. The largest absolute Gasteiger partial charge is 0.508 e. The number of rotatable bonds is 2. The van der Waals surface area contributed by atoms with Gasteiger partial charge in [0.25, 0.3) is 5.91 Å². The Morgan fingerprint density at radius 3 is 2.95 bits per heavy atom. The van der Waals surface area contributed by atoms with Crippen LogP contribution < -0.4 is 5.73 Å². The van der Waals surface area contributed by atoms with Crippen molar-refractivity contribution in [3.8, 4) is 5.75 Å². The van der Waals surface area contributed by atoms with Gasteiger partial charge in [-0.1, -0.05) is 11.2 Å². The quantitative estimate of drug-likeness (QED) is 0.321. The molecule has 1 aliphatic rings. The molecule has 1 heterocycles. The molecule has 0 radical (unpaired) electrons. The highest BCUT2D eigenvalue weighted by atomic mass is 16.4. The summed E-state index contributed by atoms with van der Waals surface area (Å²) in [4.78, 5) is 14.1. The van der Waals surface area contributed by atoms with Crippen LogP contribution in [0.5, 0.6) is 5.75 Å². The van der Waals surface area contributed by atoms with Crippen LogP contribution in [0.3, 0.4) is 0 Å². The molecule has 19 heavy (non-hydrogen) atoms. The highest BCUT2D eigenvalue weighted by Crippen LogP contribution is 2.25. The summed E-state index contributed by atoms with van der Waals surface area (Å²) in [6.45, 7) is 2.26. The van der Waals surface area contributed by atoms with Gasteiger partial charge in [0.2, 0.25) is 0 Å². The number of amides is 1. The molecule has 0 saturated carbocycles. The first-order valence-corrected chi connectivity index (χ1v) is 6.13. The van der Waals surface area contributed by atoms with Crippen LogP contribution in [0.1, 0.15) is 28.8 Å². The number of aromatic hydroxyl groups is 1. The summed E-state index contributed by atoms with van der Waals surface area (Å²) in [6, 6.07) is 4.46. The Hall–Kier alpha value is -2.24. The van der Waals surface area contributed by atoms with Gasteiger partial charge in [-0.2, -0.15) is 0 Å². The predicted octanol–water partition coefficient (Wildman–Crippen LogP) is 1.05. The van der Waals surface area contributed by atoms with Crippen molar-refractivity contribution in [2.24, 2.45) is 10.9 Å². The summed E-state index contributed by atoms with van der Waals surface area (Å²) in [5, 5.41) is 21.4. The summed E-state index contributed by atoms with van der Waals surface area (Å²) < 4.78 is 0. The zero-order valence-corrected chi connectivity index (χ0v) is 10.7. The fourth-order valence-corrected chi connectivity index (χ4v) is 2.39. The van der Waals surface area contributed by atoms with E-state index in [1.54, 1.807) is 24.0 Å². The zero-order chi connectivity index (χ0) is 14.0. The molecule has 0 aromatic heterocycles. The third-order valence-corrected chi connectivity index (χ3v) is 3.51. The van der Waals surface area contributed by atoms with Gasteiger partial charge >= 0.3 is 0 Å². The van der Waals surface area contributed by atoms with E-state index in [2.05, 4.69) is 5.16 Å². The SMILES string of the molecule is Cc1c(O)cccc1C(=O)N1CCCC1/C(N)=N/O. The van der Waals surface area contributed by atoms with Gasteiger partial charge in [0.1, 0.15) is 5.75 Å². The smallest absolute Gasteiger partial charge is 0.254 e. The number of carbonyl (C=O) groups excluding carboxylic acids is 1. The predicted molar refractivity (Wildman–Crippen MR) is 70.3 cm³/mol. The van der Waals surface area contributed by atoms with Crippen LogP contribution in [-0.4, -0.2) is 39.5 Å². The molecule has 1 aliphatic heterocycles. The number of likely N-dealkylation sites (tertiary alicyclic amines) is 1. The maximum absolute atomic E-state index is 12.5. The second kappa shape index (κ2) is 5.17. The molecule has 1 unspecified atom stereocenters. The van der Waals surface area contributed by atoms with E-state index < -0.39 is 0 Å². The Morgan fingerprint density at radius 2 is 2.26 bits per heavy atom. The Bertz CT molecular complexity index is 528. The fourth-order valence-electron chi connectivity index (χ4n) is 2.39. The zero-order valence-electron chi connectivity index (χ0n) is 10.7. The van der Waals surface area contributed by atoms with Gasteiger partial charge < -0.3 is 20.9 Å². The summed E-state index contributed by atoms with van der Waals surface area (Å²) in [7, 11) is 0. The van der Waals surface area contributed by atoms with E-state index in [-0.39, 0.29) is 23.5 Å². The van der Waals surface area contributed by atoms with Gasteiger partial charge in [-0.3, -0.25) is 4.79 Å². The summed E-state index contributed by atoms with van der Waals surface area (Å²) >= 11 is 0. The minimum atomic E-state index is -0.376. The van der Waals surface area contributed by atoms with Crippen LogP contribution in [-0.2, 0) is 0 Å². The van der Waals surface area contributed by atoms with E-state index in [9.17, 15) is 9.90 Å². The van der Waals surface area contributed by atoms with Gasteiger partial charge in [-0.15, -0.1) is 0 Å². The van der Waals surface area contributed by atoms with Crippen molar-refractivity contribution < 1.29 is 15.1 Å². The van der Waals surface area contributed by atoms with Gasteiger partial charge in [0.15, 0.2) is 5.84 Å². The molecule has 1 aromatic rings. The van der Waals surface area contributed by atoms with E-state index >= 15 is 0 Å². The van der Waals surface area contributed by atoms with Crippen LogP contribution in [0.15, 0.2) is 23.4 Å². The average Bonchev–Trinajstić information content (AvgIpc) is 2.89. The number of benzene rings is 1. The number of phenols is 1. The first kappa shape index (κ1) is 13.2. The number of carbonyl (C=O) groups is 1. The normalized spacial score (nSPS) is 19.7. The third-order valence-electron chi connectivity index (χ3n) is 3.51. The average molecular weight is 263 g/mol. The van der Waals surface area contributed by atoms with Crippen molar-refractivity contribution in [3.05, 3.63) is 29.3 Å². The Labute approximate surface area is 111 Å². The monoisotopic (exact) mass is 263 g/mol. The lowest BCUT2D eigenvalue weighted by Gasteiger charge is -2.24. The van der Waals surface area contributed by atoms with E-state index in [4.69, 9.17) is 10.9 Å². The first-order valence-electron chi connectivity index (χ1n) is 6.13. The second-order valence-electron chi connectivity index (χ2n) is 4.63. The van der Waals surface area contributed by atoms with E-state index in [0.29, 0.717) is 24.1 Å². The molecule has 0 aliphatic carbocycles. The molecule has 1 amide bonds. The highest BCUT2D eigenvalue weighted by molar-refractivity contribution is 6.00. The summed E-state index contributed by atoms with van der Waals surface area (Å²) in [6.07, 6.45) is 1.49. The first-order chi connectivity index (χ1) is 9.06. The fraction of sp³-hybridized carbons (Fsp3) is 0.385. The Morgan fingerprint density at radius 1 is 1.53 bits per heavy atom. The van der Waals surface area contributed by atoms with E-state index in [0.717, 1.165) is 6.42 Å². The molecule has 1 fully saturated rings. The second-order valence-corrected chi connectivity index (χ2v) is 4.63. The molecule has 4 N–H and O–H groups in total. The van der Waals surface area contributed by atoms with Crippen LogP contribution >= 0.6 is 0 Å². The lowest BCUT2D eigenvalue weighted by Crippen LogP contribution is -2.44.